The monoisotopic (exact) mass is 342 g/mol. The number of carbonyl (C=O) groups is 1. The highest BCUT2D eigenvalue weighted by Gasteiger charge is 2.15. The van der Waals surface area contributed by atoms with Gasteiger partial charge in [0.05, 0.1) is 12.6 Å². The Labute approximate surface area is 143 Å². The lowest BCUT2D eigenvalue weighted by molar-refractivity contribution is 0.0916. The van der Waals surface area contributed by atoms with Gasteiger partial charge >= 0.3 is 0 Å². The first-order chi connectivity index (χ1) is 11.7. The highest BCUT2D eigenvalue weighted by Crippen LogP contribution is 2.19. The van der Waals surface area contributed by atoms with Crippen LogP contribution in [0.5, 0.6) is 0 Å². The van der Waals surface area contributed by atoms with Crippen LogP contribution in [-0.4, -0.2) is 32.8 Å². The van der Waals surface area contributed by atoms with E-state index in [2.05, 4.69) is 20.5 Å². The standard InChI is InChI=1S/C17H15ClN4O2/c18-14-6-4-11(5-7-14)15(9-23)21-17(24)13-3-1-2-12(8-13)16-19-10-20-22-16/h1-8,10,15,23H,9H2,(H,21,24)(H,19,20,22). The maximum absolute atomic E-state index is 12.5. The number of aliphatic hydroxyl groups is 1. The summed E-state index contributed by atoms with van der Waals surface area (Å²) in [6.45, 7) is -0.213. The predicted molar refractivity (Wildman–Crippen MR) is 90.6 cm³/mol. The van der Waals surface area contributed by atoms with Crippen molar-refractivity contribution in [3.63, 3.8) is 0 Å². The van der Waals surface area contributed by atoms with Gasteiger partial charge in [-0.2, -0.15) is 5.10 Å². The molecule has 0 aliphatic carbocycles. The lowest BCUT2D eigenvalue weighted by Gasteiger charge is -2.17. The average Bonchev–Trinajstić information content (AvgIpc) is 3.15. The van der Waals surface area contributed by atoms with Crippen molar-refractivity contribution in [2.45, 2.75) is 6.04 Å². The van der Waals surface area contributed by atoms with Crippen molar-refractivity contribution >= 4 is 17.5 Å². The molecule has 1 unspecified atom stereocenters. The number of carbonyl (C=O) groups excluding carboxylic acids is 1. The molecule has 3 aromatic rings. The molecule has 1 heterocycles. The average molecular weight is 343 g/mol. The van der Waals surface area contributed by atoms with E-state index in [0.717, 1.165) is 11.1 Å². The van der Waals surface area contributed by atoms with Gasteiger partial charge < -0.3 is 10.4 Å². The number of nitrogens with zero attached hydrogens (tertiary/aromatic N) is 2. The molecule has 0 aliphatic rings. The number of nitrogens with one attached hydrogen (secondary N) is 2. The van der Waals surface area contributed by atoms with E-state index in [1.807, 2.05) is 6.07 Å². The van der Waals surface area contributed by atoms with Crippen LogP contribution >= 0.6 is 11.6 Å². The third-order valence-electron chi connectivity index (χ3n) is 3.57. The summed E-state index contributed by atoms with van der Waals surface area (Å²) < 4.78 is 0. The topological polar surface area (TPSA) is 90.9 Å². The van der Waals surface area contributed by atoms with Crippen molar-refractivity contribution in [3.05, 3.63) is 71.0 Å². The number of halogens is 1. The van der Waals surface area contributed by atoms with Crippen molar-refractivity contribution in [1.82, 2.24) is 20.5 Å². The third kappa shape index (κ3) is 3.61. The smallest absolute Gasteiger partial charge is 0.251 e. The highest BCUT2D eigenvalue weighted by molar-refractivity contribution is 6.30. The van der Waals surface area contributed by atoms with Crippen molar-refractivity contribution < 1.29 is 9.90 Å². The van der Waals surface area contributed by atoms with E-state index in [-0.39, 0.29) is 12.5 Å². The first-order valence-corrected chi connectivity index (χ1v) is 7.68. The van der Waals surface area contributed by atoms with Gasteiger partial charge in [-0.3, -0.25) is 9.89 Å². The van der Waals surface area contributed by atoms with Crippen LogP contribution in [0.4, 0.5) is 0 Å². The normalized spacial score (nSPS) is 11.9. The predicted octanol–water partition coefficient (Wildman–Crippen LogP) is 2.59. The summed E-state index contributed by atoms with van der Waals surface area (Å²) in [5.74, 6) is 0.298. The first-order valence-electron chi connectivity index (χ1n) is 7.30. The second-order valence-corrected chi connectivity index (χ2v) is 5.61. The molecule has 122 valence electrons. The molecule has 0 aliphatic heterocycles. The molecular formula is C17H15ClN4O2. The molecule has 0 saturated heterocycles. The fraction of sp³-hybridized carbons (Fsp3) is 0.118. The van der Waals surface area contributed by atoms with Gasteiger partial charge in [0.25, 0.3) is 5.91 Å². The van der Waals surface area contributed by atoms with Crippen LogP contribution in [0.25, 0.3) is 11.4 Å². The zero-order chi connectivity index (χ0) is 16.9. The lowest BCUT2D eigenvalue weighted by Crippen LogP contribution is -2.30. The Morgan fingerprint density at radius 1 is 1.25 bits per heavy atom. The number of hydrogen-bond acceptors (Lipinski definition) is 4. The molecule has 1 amide bonds. The summed E-state index contributed by atoms with van der Waals surface area (Å²) in [5.41, 5.74) is 2.00. The molecule has 0 radical (unpaired) electrons. The molecule has 3 N–H and O–H groups in total. The van der Waals surface area contributed by atoms with E-state index in [1.54, 1.807) is 42.5 Å². The van der Waals surface area contributed by atoms with Crippen molar-refractivity contribution in [2.24, 2.45) is 0 Å². The van der Waals surface area contributed by atoms with Crippen LogP contribution in [0.15, 0.2) is 54.9 Å². The molecule has 1 aromatic heterocycles. The molecule has 24 heavy (non-hydrogen) atoms. The minimum Gasteiger partial charge on any atom is -0.394 e. The molecule has 2 aromatic carbocycles. The number of hydrogen-bond donors (Lipinski definition) is 3. The van der Waals surface area contributed by atoms with E-state index in [4.69, 9.17) is 11.6 Å². The summed E-state index contributed by atoms with van der Waals surface area (Å²) in [5, 5.41) is 19.5. The van der Waals surface area contributed by atoms with E-state index in [0.29, 0.717) is 16.4 Å². The lowest BCUT2D eigenvalue weighted by atomic mass is 10.1. The number of aromatic amines is 1. The third-order valence-corrected chi connectivity index (χ3v) is 3.83. The molecule has 0 spiro atoms. The quantitative estimate of drug-likeness (QED) is 0.664. The molecule has 0 fully saturated rings. The number of rotatable bonds is 5. The van der Waals surface area contributed by atoms with Gasteiger partial charge in [0.1, 0.15) is 6.33 Å². The Balaban J connectivity index is 1.78. The van der Waals surface area contributed by atoms with E-state index in [9.17, 15) is 9.90 Å². The maximum atomic E-state index is 12.5. The Kier molecular flexibility index (Phi) is 4.88. The van der Waals surface area contributed by atoms with Gasteiger partial charge in [0.15, 0.2) is 5.82 Å². The SMILES string of the molecule is O=C(NC(CO)c1ccc(Cl)cc1)c1cccc(-c2ncn[nH]2)c1. The highest BCUT2D eigenvalue weighted by atomic mass is 35.5. The van der Waals surface area contributed by atoms with Gasteiger partial charge in [-0.15, -0.1) is 0 Å². The molecular weight excluding hydrogens is 328 g/mol. The van der Waals surface area contributed by atoms with Gasteiger partial charge in [-0.05, 0) is 29.8 Å². The number of aromatic nitrogens is 3. The summed E-state index contributed by atoms with van der Waals surface area (Å²) in [6, 6.07) is 13.5. The first kappa shape index (κ1) is 16.2. The number of benzene rings is 2. The largest absolute Gasteiger partial charge is 0.394 e. The Morgan fingerprint density at radius 3 is 2.71 bits per heavy atom. The van der Waals surface area contributed by atoms with E-state index in [1.165, 1.54) is 6.33 Å². The van der Waals surface area contributed by atoms with Crippen molar-refractivity contribution in [3.8, 4) is 11.4 Å². The van der Waals surface area contributed by atoms with Crippen molar-refractivity contribution in [2.75, 3.05) is 6.61 Å². The Bertz CT molecular complexity index is 819. The van der Waals surface area contributed by atoms with Crippen LogP contribution in [0.2, 0.25) is 5.02 Å². The van der Waals surface area contributed by atoms with Gasteiger partial charge in [-0.25, -0.2) is 4.98 Å². The fourth-order valence-electron chi connectivity index (χ4n) is 2.32. The van der Waals surface area contributed by atoms with Gasteiger partial charge in [0, 0.05) is 16.1 Å². The molecule has 0 bridgehead atoms. The van der Waals surface area contributed by atoms with Crippen LogP contribution in [0, 0.1) is 0 Å². The minimum atomic E-state index is -0.510. The van der Waals surface area contributed by atoms with Crippen LogP contribution in [0.1, 0.15) is 22.0 Å². The van der Waals surface area contributed by atoms with Crippen LogP contribution in [0.3, 0.4) is 0 Å². The van der Waals surface area contributed by atoms with Gasteiger partial charge in [0.2, 0.25) is 0 Å². The van der Waals surface area contributed by atoms with Crippen molar-refractivity contribution in [1.29, 1.82) is 0 Å². The summed E-state index contributed by atoms with van der Waals surface area (Å²) in [6.07, 6.45) is 1.41. The minimum absolute atomic E-state index is 0.213. The fourth-order valence-corrected chi connectivity index (χ4v) is 2.45. The maximum Gasteiger partial charge on any atom is 0.251 e. The number of aliphatic hydroxyl groups excluding tert-OH is 1. The second kappa shape index (κ2) is 7.25. The second-order valence-electron chi connectivity index (χ2n) is 5.18. The van der Waals surface area contributed by atoms with Gasteiger partial charge in [-0.1, -0.05) is 35.9 Å². The molecule has 7 heteroatoms. The van der Waals surface area contributed by atoms with Crippen LogP contribution < -0.4 is 5.32 Å². The molecule has 1 atom stereocenters. The number of H-pyrrole nitrogens is 1. The zero-order valence-electron chi connectivity index (χ0n) is 12.6. The molecule has 3 rings (SSSR count). The van der Waals surface area contributed by atoms with E-state index < -0.39 is 6.04 Å². The van der Waals surface area contributed by atoms with Crippen LogP contribution in [-0.2, 0) is 0 Å². The Morgan fingerprint density at radius 2 is 2.04 bits per heavy atom. The Hall–Kier alpha value is -2.70. The zero-order valence-corrected chi connectivity index (χ0v) is 13.4. The summed E-state index contributed by atoms with van der Waals surface area (Å²) in [7, 11) is 0. The molecule has 6 nitrogen and oxygen atoms in total. The molecule has 0 saturated carbocycles. The van der Waals surface area contributed by atoms with E-state index >= 15 is 0 Å². The summed E-state index contributed by atoms with van der Waals surface area (Å²) >= 11 is 5.86. The number of amides is 1. The summed E-state index contributed by atoms with van der Waals surface area (Å²) in [4.78, 5) is 16.6.